The molecule has 0 atom stereocenters. The summed E-state index contributed by atoms with van der Waals surface area (Å²) >= 11 is 3.32. The number of likely N-dealkylation sites (tertiary alicyclic amines) is 1. The van der Waals surface area contributed by atoms with Gasteiger partial charge < -0.3 is 4.90 Å². The van der Waals surface area contributed by atoms with E-state index in [1.807, 2.05) is 11.8 Å². The molecule has 0 radical (unpaired) electrons. The van der Waals surface area contributed by atoms with Crippen molar-refractivity contribution in [2.24, 2.45) is 0 Å². The standard InChI is InChI=1S/C19H21BrN2O3S/c1-14-5-10-17(13-18(14)19(23)22-11-3-2-4-12-22)26(24,25)21-16-8-6-15(20)7-9-16/h5-10,13,21H,2-4,11-12H2,1H3. The third-order valence-electron chi connectivity index (χ3n) is 4.49. The van der Waals surface area contributed by atoms with Crippen LogP contribution in [0.4, 0.5) is 5.69 Å². The van der Waals surface area contributed by atoms with Crippen LogP contribution in [0.3, 0.4) is 0 Å². The molecule has 0 aromatic heterocycles. The Morgan fingerprint density at radius 3 is 2.35 bits per heavy atom. The van der Waals surface area contributed by atoms with Gasteiger partial charge in [-0.2, -0.15) is 0 Å². The highest BCUT2D eigenvalue weighted by Gasteiger charge is 2.22. The number of carbonyl (C=O) groups is 1. The fourth-order valence-electron chi connectivity index (χ4n) is 3.00. The lowest BCUT2D eigenvalue weighted by atomic mass is 10.1. The fourth-order valence-corrected chi connectivity index (χ4v) is 4.35. The number of aryl methyl sites for hydroxylation is 1. The first-order chi connectivity index (χ1) is 12.4. The molecule has 7 heteroatoms. The average molecular weight is 437 g/mol. The zero-order chi connectivity index (χ0) is 18.7. The van der Waals surface area contributed by atoms with Crippen LogP contribution >= 0.6 is 15.9 Å². The van der Waals surface area contributed by atoms with Crippen LogP contribution in [0, 0.1) is 6.92 Å². The largest absolute Gasteiger partial charge is 0.339 e. The Morgan fingerprint density at radius 1 is 1.04 bits per heavy atom. The number of hydrogen-bond acceptors (Lipinski definition) is 3. The molecular formula is C19H21BrN2O3S. The third kappa shape index (κ3) is 4.27. The van der Waals surface area contributed by atoms with Crippen LogP contribution in [0.5, 0.6) is 0 Å². The maximum atomic E-state index is 12.8. The van der Waals surface area contributed by atoms with Crippen LogP contribution in [0.2, 0.25) is 0 Å². The number of benzene rings is 2. The average Bonchev–Trinajstić information content (AvgIpc) is 2.64. The number of carbonyl (C=O) groups excluding carboxylic acids is 1. The van der Waals surface area contributed by atoms with Gasteiger partial charge in [0.25, 0.3) is 15.9 Å². The quantitative estimate of drug-likeness (QED) is 0.781. The Morgan fingerprint density at radius 2 is 1.69 bits per heavy atom. The highest BCUT2D eigenvalue weighted by Crippen LogP contribution is 2.22. The van der Waals surface area contributed by atoms with Gasteiger partial charge in [-0.25, -0.2) is 8.42 Å². The third-order valence-corrected chi connectivity index (χ3v) is 6.40. The molecule has 1 fully saturated rings. The van der Waals surface area contributed by atoms with Gasteiger partial charge in [0.15, 0.2) is 0 Å². The van der Waals surface area contributed by atoms with Crippen LogP contribution in [0.1, 0.15) is 35.2 Å². The maximum absolute atomic E-state index is 12.8. The first kappa shape index (κ1) is 18.9. The molecule has 2 aromatic carbocycles. The summed E-state index contributed by atoms with van der Waals surface area (Å²) in [5, 5.41) is 0. The van der Waals surface area contributed by atoms with Crippen molar-refractivity contribution in [3.8, 4) is 0 Å². The van der Waals surface area contributed by atoms with Crippen LogP contribution in [-0.4, -0.2) is 32.3 Å². The Bertz CT molecular complexity index is 905. The van der Waals surface area contributed by atoms with Gasteiger partial charge in [0.1, 0.15) is 0 Å². The van der Waals surface area contributed by atoms with E-state index >= 15 is 0 Å². The monoisotopic (exact) mass is 436 g/mol. The van der Waals surface area contributed by atoms with Crippen molar-refractivity contribution in [3.63, 3.8) is 0 Å². The van der Waals surface area contributed by atoms with Crippen molar-refractivity contribution in [1.82, 2.24) is 4.90 Å². The van der Waals surface area contributed by atoms with Crippen LogP contribution < -0.4 is 4.72 Å². The SMILES string of the molecule is Cc1ccc(S(=O)(=O)Nc2ccc(Br)cc2)cc1C(=O)N1CCCCC1. The highest BCUT2D eigenvalue weighted by molar-refractivity contribution is 9.10. The predicted octanol–water partition coefficient (Wildman–Crippen LogP) is 4.18. The second-order valence-corrected chi connectivity index (χ2v) is 9.04. The number of nitrogens with one attached hydrogen (secondary N) is 1. The van der Waals surface area contributed by atoms with Crippen molar-refractivity contribution in [2.45, 2.75) is 31.1 Å². The summed E-state index contributed by atoms with van der Waals surface area (Å²) in [6.45, 7) is 3.29. The van der Waals surface area contributed by atoms with E-state index in [9.17, 15) is 13.2 Å². The molecule has 1 amide bonds. The van der Waals surface area contributed by atoms with Crippen LogP contribution in [0.25, 0.3) is 0 Å². The van der Waals surface area contributed by atoms with E-state index in [1.165, 1.54) is 12.1 Å². The smallest absolute Gasteiger partial charge is 0.261 e. The Labute approximate surface area is 162 Å². The summed E-state index contributed by atoms with van der Waals surface area (Å²) in [5.74, 6) is -0.0945. The minimum Gasteiger partial charge on any atom is -0.339 e. The number of amides is 1. The lowest BCUT2D eigenvalue weighted by molar-refractivity contribution is 0.0723. The van der Waals surface area contributed by atoms with E-state index in [2.05, 4.69) is 20.7 Å². The number of rotatable bonds is 4. The topological polar surface area (TPSA) is 66.5 Å². The Balaban J connectivity index is 1.88. The molecule has 1 heterocycles. The first-order valence-corrected chi connectivity index (χ1v) is 10.8. The molecule has 1 aliphatic rings. The number of hydrogen-bond donors (Lipinski definition) is 1. The number of piperidine rings is 1. The number of sulfonamides is 1. The molecule has 0 aliphatic carbocycles. The minimum atomic E-state index is -3.77. The zero-order valence-electron chi connectivity index (χ0n) is 14.5. The molecule has 2 aromatic rings. The minimum absolute atomic E-state index is 0.0892. The van der Waals surface area contributed by atoms with E-state index < -0.39 is 10.0 Å². The molecule has 1 saturated heterocycles. The second-order valence-electron chi connectivity index (χ2n) is 6.44. The molecule has 26 heavy (non-hydrogen) atoms. The van der Waals surface area contributed by atoms with E-state index in [-0.39, 0.29) is 10.8 Å². The normalized spacial score (nSPS) is 14.9. The van der Waals surface area contributed by atoms with E-state index in [0.29, 0.717) is 11.3 Å². The molecule has 0 saturated carbocycles. The zero-order valence-corrected chi connectivity index (χ0v) is 16.9. The van der Waals surface area contributed by atoms with Gasteiger partial charge in [0, 0.05) is 28.8 Å². The van der Waals surface area contributed by atoms with E-state index in [4.69, 9.17) is 0 Å². The van der Waals surface area contributed by atoms with Crippen molar-refractivity contribution < 1.29 is 13.2 Å². The van der Waals surface area contributed by atoms with Crippen molar-refractivity contribution in [1.29, 1.82) is 0 Å². The molecular weight excluding hydrogens is 416 g/mol. The van der Waals surface area contributed by atoms with Gasteiger partial charge in [-0.3, -0.25) is 9.52 Å². The van der Waals surface area contributed by atoms with Gasteiger partial charge in [-0.05, 0) is 68.1 Å². The van der Waals surface area contributed by atoms with E-state index in [1.54, 1.807) is 30.3 Å². The molecule has 5 nitrogen and oxygen atoms in total. The molecule has 1 N–H and O–H groups in total. The fraction of sp³-hybridized carbons (Fsp3) is 0.316. The molecule has 1 aliphatic heterocycles. The summed E-state index contributed by atoms with van der Waals surface area (Å²) in [6, 6.07) is 11.6. The predicted molar refractivity (Wildman–Crippen MR) is 106 cm³/mol. The molecule has 0 bridgehead atoms. The first-order valence-electron chi connectivity index (χ1n) is 8.55. The van der Waals surface area contributed by atoms with Gasteiger partial charge >= 0.3 is 0 Å². The maximum Gasteiger partial charge on any atom is 0.261 e. The Kier molecular flexibility index (Phi) is 5.67. The van der Waals surface area contributed by atoms with Crippen molar-refractivity contribution >= 4 is 37.5 Å². The number of nitrogens with zero attached hydrogens (tertiary/aromatic N) is 1. The summed E-state index contributed by atoms with van der Waals surface area (Å²) in [4.78, 5) is 14.7. The molecule has 0 spiro atoms. The van der Waals surface area contributed by atoms with E-state index in [0.717, 1.165) is 42.4 Å². The van der Waals surface area contributed by atoms with Gasteiger partial charge in [0.05, 0.1) is 4.90 Å². The Hall–Kier alpha value is -1.86. The van der Waals surface area contributed by atoms with Gasteiger partial charge in [0.2, 0.25) is 0 Å². The van der Waals surface area contributed by atoms with Gasteiger partial charge in [-0.1, -0.05) is 22.0 Å². The highest BCUT2D eigenvalue weighted by atomic mass is 79.9. The van der Waals surface area contributed by atoms with Gasteiger partial charge in [-0.15, -0.1) is 0 Å². The van der Waals surface area contributed by atoms with Crippen molar-refractivity contribution in [2.75, 3.05) is 17.8 Å². The number of anilines is 1. The van der Waals surface area contributed by atoms with Crippen LogP contribution in [0.15, 0.2) is 51.8 Å². The lowest BCUT2D eigenvalue weighted by Gasteiger charge is -2.27. The second kappa shape index (κ2) is 7.80. The molecule has 0 unspecified atom stereocenters. The lowest BCUT2D eigenvalue weighted by Crippen LogP contribution is -2.36. The van der Waals surface area contributed by atoms with Crippen molar-refractivity contribution in [3.05, 3.63) is 58.1 Å². The summed E-state index contributed by atoms with van der Waals surface area (Å²) in [6.07, 6.45) is 3.12. The number of halogens is 1. The summed E-state index contributed by atoms with van der Waals surface area (Å²) < 4.78 is 28.8. The molecule has 138 valence electrons. The summed E-state index contributed by atoms with van der Waals surface area (Å²) in [7, 11) is -3.77. The summed E-state index contributed by atoms with van der Waals surface area (Å²) in [5.41, 5.74) is 1.70. The van der Waals surface area contributed by atoms with Crippen LogP contribution in [-0.2, 0) is 10.0 Å². The molecule has 3 rings (SSSR count).